The largest absolute Gasteiger partial charge is 0.446 e. The highest BCUT2D eigenvalue weighted by atomic mass is 16.6. The fourth-order valence-electron chi connectivity index (χ4n) is 3.16. The Labute approximate surface area is 160 Å². The summed E-state index contributed by atoms with van der Waals surface area (Å²) in [7, 11) is 0. The first-order valence-electron chi connectivity index (χ1n) is 10.6. The van der Waals surface area contributed by atoms with E-state index < -0.39 is 17.5 Å². The predicted octanol–water partition coefficient (Wildman–Crippen LogP) is 5.83. The van der Waals surface area contributed by atoms with Crippen molar-refractivity contribution in [1.82, 2.24) is 0 Å². The van der Waals surface area contributed by atoms with Crippen molar-refractivity contribution in [2.45, 2.75) is 116 Å². The topological polar surface area (TPSA) is 69.4 Å². The summed E-state index contributed by atoms with van der Waals surface area (Å²) in [6, 6.07) is 0. The highest BCUT2D eigenvalue weighted by molar-refractivity contribution is 5.92. The molecule has 4 nitrogen and oxygen atoms in total. The average Bonchev–Trinajstić information content (AvgIpc) is 2.61. The zero-order valence-electron chi connectivity index (χ0n) is 17.4. The van der Waals surface area contributed by atoms with Gasteiger partial charge < -0.3 is 10.5 Å². The lowest BCUT2D eigenvalue weighted by molar-refractivity contribution is -0.165. The third-order valence-electron chi connectivity index (χ3n) is 5.09. The Morgan fingerprint density at radius 3 is 1.62 bits per heavy atom. The van der Waals surface area contributed by atoms with Gasteiger partial charge in [-0.25, -0.2) is 4.79 Å². The number of hydrogen-bond donors (Lipinski definition) is 1. The van der Waals surface area contributed by atoms with Gasteiger partial charge in [0.2, 0.25) is 0 Å². The highest BCUT2D eigenvalue weighted by Gasteiger charge is 2.38. The molecule has 0 heterocycles. The molecular weight excluding hydrogens is 326 g/mol. The average molecular weight is 368 g/mol. The van der Waals surface area contributed by atoms with Crippen molar-refractivity contribution in [3.63, 3.8) is 0 Å². The fraction of sp³-hybridized carbons (Fsp3) is 0.818. The zero-order chi connectivity index (χ0) is 19.8. The van der Waals surface area contributed by atoms with Gasteiger partial charge in [0.05, 0.1) is 0 Å². The van der Waals surface area contributed by atoms with Gasteiger partial charge >= 0.3 is 5.97 Å². The molecule has 0 saturated carbocycles. The van der Waals surface area contributed by atoms with Crippen LogP contribution in [-0.4, -0.2) is 17.5 Å². The number of esters is 1. The van der Waals surface area contributed by atoms with Crippen LogP contribution in [0.5, 0.6) is 0 Å². The third-order valence-corrected chi connectivity index (χ3v) is 5.09. The van der Waals surface area contributed by atoms with E-state index in [4.69, 9.17) is 10.5 Å². The summed E-state index contributed by atoms with van der Waals surface area (Å²) in [5, 5.41) is 0. The molecule has 1 atom stereocenters. The van der Waals surface area contributed by atoms with Gasteiger partial charge in [-0.1, -0.05) is 91.1 Å². The van der Waals surface area contributed by atoms with E-state index in [9.17, 15) is 9.59 Å². The Morgan fingerprint density at radius 1 is 0.846 bits per heavy atom. The molecule has 0 aliphatic heterocycles. The van der Waals surface area contributed by atoms with Crippen molar-refractivity contribution >= 4 is 11.9 Å². The molecule has 0 bridgehead atoms. The number of primary amides is 1. The van der Waals surface area contributed by atoms with E-state index in [0.717, 1.165) is 19.3 Å². The third kappa shape index (κ3) is 10.6. The van der Waals surface area contributed by atoms with Gasteiger partial charge in [0.1, 0.15) is 0 Å². The molecule has 1 unspecified atom stereocenters. The second-order valence-corrected chi connectivity index (χ2v) is 7.52. The van der Waals surface area contributed by atoms with Crippen LogP contribution in [0.3, 0.4) is 0 Å². The maximum Gasteiger partial charge on any atom is 0.334 e. The van der Waals surface area contributed by atoms with Gasteiger partial charge in [0.15, 0.2) is 5.60 Å². The Hall–Kier alpha value is -1.32. The van der Waals surface area contributed by atoms with E-state index in [-0.39, 0.29) is 0 Å². The number of hydrogen-bond acceptors (Lipinski definition) is 3. The van der Waals surface area contributed by atoms with E-state index >= 15 is 0 Å². The number of rotatable bonds is 17. The van der Waals surface area contributed by atoms with Crippen molar-refractivity contribution in [3.05, 3.63) is 12.2 Å². The first kappa shape index (κ1) is 24.7. The molecule has 0 aliphatic carbocycles. The number of carbonyl (C=O) groups excluding carboxylic acids is 2. The number of unbranched alkanes of at least 4 members (excludes halogenated alkanes) is 11. The van der Waals surface area contributed by atoms with Gasteiger partial charge in [-0.2, -0.15) is 0 Å². The Bertz CT molecular complexity index is 420. The van der Waals surface area contributed by atoms with Crippen molar-refractivity contribution in [2.75, 3.05) is 0 Å². The standard InChI is InChI=1S/C22H41NO3/c1-5-7-8-9-10-11-12-13-14-15-16-17-18-22(6-2,21(23)25)26-20(24)19(3)4/h3,5-18H2,1-2,4H3,(H2,23,25). The summed E-state index contributed by atoms with van der Waals surface area (Å²) >= 11 is 0. The SMILES string of the molecule is C=C(C)C(=O)OC(CC)(CCCCCCCCCCCCCC)C(N)=O. The molecule has 0 aromatic heterocycles. The van der Waals surface area contributed by atoms with Gasteiger partial charge in [0.25, 0.3) is 5.91 Å². The van der Waals surface area contributed by atoms with Crippen LogP contribution in [0, 0.1) is 0 Å². The Kier molecular flexibility index (Phi) is 14.1. The van der Waals surface area contributed by atoms with E-state index in [1.165, 1.54) is 57.8 Å². The minimum atomic E-state index is -1.19. The Morgan fingerprint density at radius 2 is 1.27 bits per heavy atom. The van der Waals surface area contributed by atoms with Crippen LogP contribution in [0.4, 0.5) is 0 Å². The minimum Gasteiger partial charge on any atom is -0.446 e. The summed E-state index contributed by atoms with van der Waals surface area (Å²) in [6.07, 6.45) is 15.9. The number of carbonyl (C=O) groups is 2. The van der Waals surface area contributed by atoms with E-state index in [2.05, 4.69) is 13.5 Å². The lowest BCUT2D eigenvalue weighted by atomic mass is 9.91. The normalized spacial score (nSPS) is 13.2. The van der Waals surface area contributed by atoms with Crippen LogP contribution >= 0.6 is 0 Å². The molecule has 0 aliphatic rings. The molecule has 152 valence electrons. The number of nitrogens with two attached hydrogens (primary N) is 1. The number of amides is 1. The van der Waals surface area contributed by atoms with Crippen LogP contribution in [0.2, 0.25) is 0 Å². The molecule has 4 heteroatoms. The highest BCUT2D eigenvalue weighted by Crippen LogP contribution is 2.25. The molecule has 0 rings (SSSR count). The predicted molar refractivity (Wildman–Crippen MR) is 109 cm³/mol. The molecule has 0 aromatic carbocycles. The van der Waals surface area contributed by atoms with Crippen molar-refractivity contribution < 1.29 is 14.3 Å². The molecule has 0 fully saturated rings. The maximum absolute atomic E-state index is 11.9. The summed E-state index contributed by atoms with van der Waals surface area (Å²) < 4.78 is 5.40. The lowest BCUT2D eigenvalue weighted by Crippen LogP contribution is -2.47. The van der Waals surface area contributed by atoms with Crippen molar-refractivity contribution in [1.29, 1.82) is 0 Å². The van der Waals surface area contributed by atoms with E-state index in [1.807, 2.05) is 6.92 Å². The van der Waals surface area contributed by atoms with Crippen LogP contribution < -0.4 is 5.73 Å². The first-order valence-corrected chi connectivity index (χ1v) is 10.6. The summed E-state index contributed by atoms with van der Waals surface area (Å²) in [4.78, 5) is 23.7. The van der Waals surface area contributed by atoms with Gasteiger partial charge in [-0.3, -0.25) is 4.79 Å². The van der Waals surface area contributed by atoms with Crippen LogP contribution in [0.15, 0.2) is 12.2 Å². The van der Waals surface area contributed by atoms with Crippen molar-refractivity contribution in [3.8, 4) is 0 Å². The first-order chi connectivity index (χ1) is 12.4. The fourth-order valence-corrected chi connectivity index (χ4v) is 3.16. The number of ether oxygens (including phenoxy) is 1. The van der Waals surface area contributed by atoms with Crippen molar-refractivity contribution in [2.24, 2.45) is 5.73 Å². The molecule has 26 heavy (non-hydrogen) atoms. The quantitative estimate of drug-likeness (QED) is 0.200. The van der Waals surface area contributed by atoms with Gasteiger partial charge in [-0.15, -0.1) is 0 Å². The maximum atomic E-state index is 11.9. The molecular formula is C22H41NO3. The smallest absolute Gasteiger partial charge is 0.334 e. The van der Waals surface area contributed by atoms with Crippen LogP contribution in [0.1, 0.15) is 111 Å². The minimum absolute atomic E-state index is 0.291. The summed E-state index contributed by atoms with van der Waals surface area (Å²) in [5.41, 5.74) is 4.63. The molecule has 0 aromatic rings. The van der Waals surface area contributed by atoms with Gasteiger partial charge in [-0.05, 0) is 26.2 Å². The monoisotopic (exact) mass is 367 g/mol. The molecule has 0 spiro atoms. The zero-order valence-corrected chi connectivity index (χ0v) is 17.4. The van der Waals surface area contributed by atoms with E-state index in [1.54, 1.807) is 6.92 Å². The lowest BCUT2D eigenvalue weighted by Gasteiger charge is -2.29. The van der Waals surface area contributed by atoms with Gasteiger partial charge in [0, 0.05) is 5.57 Å². The Balaban J connectivity index is 3.91. The summed E-state index contributed by atoms with van der Waals surface area (Å²) in [6.45, 7) is 9.23. The molecule has 2 N–H and O–H groups in total. The second-order valence-electron chi connectivity index (χ2n) is 7.52. The van der Waals surface area contributed by atoms with E-state index in [0.29, 0.717) is 18.4 Å². The molecule has 0 radical (unpaired) electrons. The molecule has 1 amide bonds. The molecule has 0 saturated heterocycles. The summed E-state index contributed by atoms with van der Waals surface area (Å²) in [5.74, 6) is -1.10. The van der Waals surface area contributed by atoms with Crippen LogP contribution in [-0.2, 0) is 14.3 Å². The second kappa shape index (κ2) is 14.8. The van der Waals surface area contributed by atoms with Crippen LogP contribution in [0.25, 0.3) is 0 Å².